The van der Waals surface area contributed by atoms with Gasteiger partial charge in [-0.15, -0.1) is 0 Å². The number of rotatable bonds is 0. The number of hydrogen-bond donors (Lipinski definition) is 1. The van der Waals surface area contributed by atoms with Gasteiger partial charge in [-0.05, 0) is 30.4 Å². The lowest BCUT2D eigenvalue weighted by atomic mass is 9.89. The molecule has 0 bridgehead atoms. The van der Waals surface area contributed by atoms with Gasteiger partial charge in [0.1, 0.15) is 0 Å². The van der Waals surface area contributed by atoms with Gasteiger partial charge in [0.05, 0.1) is 0 Å². The maximum atomic E-state index is 5.85. The van der Waals surface area contributed by atoms with Crippen molar-refractivity contribution in [2.24, 2.45) is 5.73 Å². The molecule has 2 N–H and O–H groups in total. The lowest BCUT2D eigenvalue weighted by Gasteiger charge is -2.20. The normalized spacial score (nSPS) is 22.8. The molecule has 1 aromatic rings. The highest BCUT2D eigenvalue weighted by Crippen LogP contribution is 2.19. The van der Waals surface area contributed by atoms with Crippen molar-refractivity contribution in [1.29, 1.82) is 0 Å². The minimum absolute atomic E-state index is 0.393. The Balaban J connectivity index is 2.34. The van der Waals surface area contributed by atoms with Crippen LogP contribution in [0.5, 0.6) is 0 Å². The molecule has 0 amide bonds. The highest BCUT2D eigenvalue weighted by atomic mass is 14.6. The third-order valence-electron chi connectivity index (χ3n) is 2.38. The molecule has 2 rings (SSSR count). The third kappa shape index (κ3) is 1.29. The molecule has 1 aliphatic rings. The van der Waals surface area contributed by atoms with Crippen molar-refractivity contribution in [3.8, 4) is 0 Å². The van der Waals surface area contributed by atoms with Crippen molar-refractivity contribution in [1.82, 2.24) is 0 Å². The van der Waals surface area contributed by atoms with Gasteiger partial charge in [-0.1, -0.05) is 24.3 Å². The Labute approximate surface area is 67.2 Å². The molecule has 58 valence electrons. The second-order valence-corrected chi connectivity index (χ2v) is 3.27. The van der Waals surface area contributed by atoms with Crippen LogP contribution in [0.15, 0.2) is 24.3 Å². The average molecular weight is 147 g/mol. The molecule has 0 saturated heterocycles. The summed E-state index contributed by atoms with van der Waals surface area (Å²) in [6.07, 6.45) is 3.38. The molecule has 11 heavy (non-hydrogen) atoms. The first-order valence-electron chi connectivity index (χ1n) is 4.18. The maximum Gasteiger partial charge on any atom is 0.00825 e. The lowest BCUT2D eigenvalue weighted by molar-refractivity contribution is 0.576. The number of aryl methyl sites for hydroxylation is 1. The van der Waals surface area contributed by atoms with E-state index in [1.807, 2.05) is 0 Å². The zero-order valence-electron chi connectivity index (χ0n) is 6.59. The summed E-state index contributed by atoms with van der Waals surface area (Å²) in [5.41, 5.74) is 8.79. The van der Waals surface area contributed by atoms with Gasteiger partial charge in [0.25, 0.3) is 0 Å². The van der Waals surface area contributed by atoms with E-state index in [4.69, 9.17) is 5.73 Å². The SMILES string of the molecule is NC1CCc2ccccc2C1. The van der Waals surface area contributed by atoms with Crippen molar-refractivity contribution >= 4 is 0 Å². The first kappa shape index (κ1) is 6.86. The molecule has 1 heteroatoms. The van der Waals surface area contributed by atoms with E-state index in [9.17, 15) is 0 Å². The van der Waals surface area contributed by atoms with E-state index in [0.29, 0.717) is 6.04 Å². The van der Waals surface area contributed by atoms with Crippen molar-refractivity contribution in [3.05, 3.63) is 35.4 Å². The van der Waals surface area contributed by atoms with Crippen molar-refractivity contribution in [2.75, 3.05) is 0 Å². The second-order valence-electron chi connectivity index (χ2n) is 3.27. The molecule has 0 radical (unpaired) electrons. The van der Waals surface area contributed by atoms with E-state index in [0.717, 1.165) is 19.3 Å². The zero-order valence-corrected chi connectivity index (χ0v) is 6.59. The highest BCUT2D eigenvalue weighted by molar-refractivity contribution is 5.30. The van der Waals surface area contributed by atoms with Gasteiger partial charge in [0, 0.05) is 6.04 Å². The molecule has 0 heterocycles. The molecule has 1 nitrogen and oxygen atoms in total. The third-order valence-corrected chi connectivity index (χ3v) is 2.38. The predicted molar refractivity (Wildman–Crippen MR) is 46.4 cm³/mol. The Morgan fingerprint density at radius 2 is 1.91 bits per heavy atom. The molecule has 0 aliphatic heterocycles. The number of nitrogens with two attached hydrogens (primary N) is 1. The molecular weight excluding hydrogens is 134 g/mol. The molecule has 0 spiro atoms. The first-order valence-corrected chi connectivity index (χ1v) is 4.18. The maximum absolute atomic E-state index is 5.85. The Morgan fingerprint density at radius 1 is 1.18 bits per heavy atom. The summed E-state index contributed by atoms with van der Waals surface area (Å²) in [6, 6.07) is 8.99. The van der Waals surface area contributed by atoms with Gasteiger partial charge in [-0.3, -0.25) is 0 Å². The summed E-state index contributed by atoms with van der Waals surface area (Å²) in [5, 5.41) is 0. The van der Waals surface area contributed by atoms with Crippen LogP contribution >= 0.6 is 0 Å². The Bertz CT molecular complexity index is 255. The summed E-state index contributed by atoms with van der Waals surface area (Å²) in [4.78, 5) is 0. The van der Waals surface area contributed by atoms with E-state index >= 15 is 0 Å². The number of hydrogen-bond acceptors (Lipinski definition) is 1. The predicted octanol–water partition coefficient (Wildman–Crippen LogP) is 1.50. The van der Waals surface area contributed by atoms with Crippen LogP contribution in [0.1, 0.15) is 17.5 Å². The van der Waals surface area contributed by atoms with Crippen LogP contribution in [-0.4, -0.2) is 6.04 Å². The summed E-state index contributed by atoms with van der Waals surface area (Å²) >= 11 is 0. The Hall–Kier alpha value is -0.820. The zero-order chi connectivity index (χ0) is 7.68. The van der Waals surface area contributed by atoms with E-state index in [1.54, 1.807) is 0 Å². The van der Waals surface area contributed by atoms with Crippen LogP contribution in [0.2, 0.25) is 0 Å². The summed E-state index contributed by atoms with van der Waals surface area (Å²) < 4.78 is 0. The molecular formula is C10H13N. The van der Waals surface area contributed by atoms with Crippen LogP contribution in [-0.2, 0) is 12.8 Å². The highest BCUT2D eigenvalue weighted by Gasteiger charge is 2.13. The topological polar surface area (TPSA) is 26.0 Å². The summed E-state index contributed by atoms with van der Waals surface area (Å²) in [5.74, 6) is 0. The van der Waals surface area contributed by atoms with Crippen molar-refractivity contribution in [3.63, 3.8) is 0 Å². The lowest BCUT2D eigenvalue weighted by Crippen LogP contribution is -2.27. The van der Waals surface area contributed by atoms with Crippen molar-refractivity contribution < 1.29 is 0 Å². The molecule has 1 aliphatic carbocycles. The first-order chi connectivity index (χ1) is 5.36. The number of benzene rings is 1. The fraction of sp³-hybridized carbons (Fsp3) is 0.400. The molecule has 0 saturated carbocycles. The van der Waals surface area contributed by atoms with Gasteiger partial charge >= 0.3 is 0 Å². The van der Waals surface area contributed by atoms with Crippen LogP contribution in [0.25, 0.3) is 0 Å². The van der Waals surface area contributed by atoms with Crippen LogP contribution in [0.3, 0.4) is 0 Å². The van der Waals surface area contributed by atoms with Gasteiger partial charge in [0.2, 0.25) is 0 Å². The van der Waals surface area contributed by atoms with E-state index in [2.05, 4.69) is 24.3 Å². The van der Waals surface area contributed by atoms with Gasteiger partial charge in [0.15, 0.2) is 0 Å². The molecule has 0 aromatic heterocycles. The summed E-state index contributed by atoms with van der Waals surface area (Å²) in [7, 11) is 0. The monoisotopic (exact) mass is 147 g/mol. The van der Waals surface area contributed by atoms with Crippen LogP contribution in [0.4, 0.5) is 0 Å². The smallest absolute Gasteiger partial charge is 0.00825 e. The van der Waals surface area contributed by atoms with E-state index < -0.39 is 0 Å². The minimum atomic E-state index is 0.393. The van der Waals surface area contributed by atoms with Gasteiger partial charge in [-0.2, -0.15) is 0 Å². The Morgan fingerprint density at radius 3 is 2.73 bits per heavy atom. The van der Waals surface area contributed by atoms with Crippen molar-refractivity contribution in [2.45, 2.75) is 25.3 Å². The van der Waals surface area contributed by atoms with Gasteiger partial charge in [-0.25, -0.2) is 0 Å². The standard InChI is InChI=1S/C10H13N/c11-10-6-5-8-3-1-2-4-9(8)7-10/h1-4,10H,5-7,11H2. The quantitative estimate of drug-likeness (QED) is 0.591. The minimum Gasteiger partial charge on any atom is -0.327 e. The van der Waals surface area contributed by atoms with Crippen LogP contribution < -0.4 is 5.73 Å². The molecule has 1 aromatic carbocycles. The largest absolute Gasteiger partial charge is 0.327 e. The Kier molecular flexibility index (Phi) is 1.66. The fourth-order valence-electron chi connectivity index (χ4n) is 1.73. The molecule has 1 unspecified atom stereocenters. The van der Waals surface area contributed by atoms with Crippen LogP contribution in [0, 0.1) is 0 Å². The average Bonchev–Trinajstić information content (AvgIpc) is 2.04. The molecule has 0 fully saturated rings. The van der Waals surface area contributed by atoms with Gasteiger partial charge < -0.3 is 5.73 Å². The molecule has 1 atom stereocenters. The fourth-order valence-corrected chi connectivity index (χ4v) is 1.73. The van der Waals surface area contributed by atoms with E-state index in [-0.39, 0.29) is 0 Å². The summed E-state index contributed by atoms with van der Waals surface area (Å²) in [6.45, 7) is 0. The number of fused-ring (bicyclic) bond motifs is 1. The second kappa shape index (κ2) is 2.67. The van der Waals surface area contributed by atoms with E-state index in [1.165, 1.54) is 11.1 Å².